The zero-order valence-corrected chi connectivity index (χ0v) is 10.7. The van der Waals surface area contributed by atoms with Gasteiger partial charge in [-0.25, -0.2) is 0 Å². The number of carbonyl (C=O) groups is 1. The Labute approximate surface area is 103 Å². The van der Waals surface area contributed by atoms with E-state index in [2.05, 4.69) is 0 Å². The van der Waals surface area contributed by atoms with Gasteiger partial charge in [-0.2, -0.15) is 0 Å². The minimum absolute atomic E-state index is 0.128. The molecule has 1 aliphatic heterocycles. The number of likely N-dealkylation sites (tertiary alicyclic amines) is 1. The standard InChI is InChI=1S/C14H23NO2/c1-13(17)4-5-14(13)6-8-15(9-7-14)12(16)10-11-2-3-11/h11,17H,2-10H2,1H3. The molecule has 3 heteroatoms. The summed E-state index contributed by atoms with van der Waals surface area (Å²) in [5, 5.41) is 10.3. The molecule has 17 heavy (non-hydrogen) atoms. The molecule has 1 amide bonds. The first kappa shape index (κ1) is 11.5. The largest absolute Gasteiger partial charge is 0.390 e. The minimum atomic E-state index is -0.474. The lowest BCUT2D eigenvalue weighted by Crippen LogP contribution is -2.60. The summed E-state index contributed by atoms with van der Waals surface area (Å²) in [4.78, 5) is 14.0. The number of carbonyl (C=O) groups excluding carboxylic acids is 1. The molecule has 2 saturated carbocycles. The van der Waals surface area contributed by atoms with Gasteiger partial charge >= 0.3 is 0 Å². The molecule has 1 unspecified atom stereocenters. The van der Waals surface area contributed by atoms with E-state index in [4.69, 9.17) is 0 Å². The molecule has 1 atom stereocenters. The Balaban J connectivity index is 1.55. The second kappa shape index (κ2) is 3.71. The summed E-state index contributed by atoms with van der Waals surface area (Å²) in [5.74, 6) is 1.03. The highest BCUT2D eigenvalue weighted by Crippen LogP contribution is 2.56. The molecular weight excluding hydrogens is 214 g/mol. The Bertz CT molecular complexity index is 325. The van der Waals surface area contributed by atoms with Gasteiger partial charge in [0, 0.05) is 24.9 Å². The fourth-order valence-corrected chi connectivity index (χ4v) is 3.51. The van der Waals surface area contributed by atoms with Gasteiger partial charge in [0.05, 0.1) is 5.60 Å². The van der Waals surface area contributed by atoms with Crippen LogP contribution >= 0.6 is 0 Å². The van der Waals surface area contributed by atoms with Gasteiger partial charge in [-0.15, -0.1) is 0 Å². The predicted molar refractivity (Wildman–Crippen MR) is 65.4 cm³/mol. The minimum Gasteiger partial charge on any atom is -0.390 e. The van der Waals surface area contributed by atoms with Gasteiger partial charge in [-0.1, -0.05) is 0 Å². The van der Waals surface area contributed by atoms with Crippen LogP contribution in [0.1, 0.15) is 51.9 Å². The van der Waals surface area contributed by atoms with Gasteiger partial charge < -0.3 is 10.0 Å². The number of aliphatic hydroxyl groups is 1. The average Bonchev–Trinajstić information content (AvgIpc) is 3.11. The summed E-state index contributed by atoms with van der Waals surface area (Å²) in [6, 6.07) is 0. The summed E-state index contributed by atoms with van der Waals surface area (Å²) in [6.07, 6.45) is 7.33. The summed E-state index contributed by atoms with van der Waals surface area (Å²) in [5.41, 5.74) is -0.345. The smallest absolute Gasteiger partial charge is 0.222 e. The number of piperidine rings is 1. The Morgan fingerprint density at radius 1 is 1.24 bits per heavy atom. The van der Waals surface area contributed by atoms with Crippen LogP contribution in [0.2, 0.25) is 0 Å². The van der Waals surface area contributed by atoms with Crippen molar-refractivity contribution in [1.82, 2.24) is 4.90 Å². The third-order valence-electron chi connectivity index (χ3n) is 5.47. The van der Waals surface area contributed by atoms with E-state index in [1.54, 1.807) is 0 Å². The molecular formula is C14H23NO2. The molecule has 1 spiro atoms. The number of rotatable bonds is 2. The van der Waals surface area contributed by atoms with Gasteiger partial charge in [0.25, 0.3) is 0 Å². The molecule has 2 aliphatic carbocycles. The molecule has 1 saturated heterocycles. The van der Waals surface area contributed by atoms with Crippen molar-refractivity contribution in [3.63, 3.8) is 0 Å². The van der Waals surface area contributed by atoms with Crippen molar-refractivity contribution < 1.29 is 9.90 Å². The lowest BCUT2D eigenvalue weighted by atomic mass is 9.53. The van der Waals surface area contributed by atoms with E-state index in [0.29, 0.717) is 11.8 Å². The van der Waals surface area contributed by atoms with Crippen LogP contribution in [0, 0.1) is 11.3 Å². The molecule has 3 aliphatic rings. The fraction of sp³-hybridized carbons (Fsp3) is 0.929. The highest BCUT2D eigenvalue weighted by Gasteiger charge is 2.55. The van der Waals surface area contributed by atoms with Gasteiger partial charge in [-0.3, -0.25) is 4.79 Å². The van der Waals surface area contributed by atoms with E-state index in [1.807, 2.05) is 11.8 Å². The molecule has 3 fully saturated rings. The lowest BCUT2D eigenvalue weighted by Gasteiger charge is -2.58. The maximum absolute atomic E-state index is 12.0. The van der Waals surface area contributed by atoms with Crippen LogP contribution < -0.4 is 0 Å². The van der Waals surface area contributed by atoms with Crippen LogP contribution in [0.4, 0.5) is 0 Å². The zero-order chi connectivity index (χ0) is 12.1. The van der Waals surface area contributed by atoms with Crippen LogP contribution in [0.15, 0.2) is 0 Å². The molecule has 1 N–H and O–H groups in total. The lowest BCUT2D eigenvalue weighted by molar-refractivity contribution is -0.180. The molecule has 0 aromatic carbocycles. The highest BCUT2D eigenvalue weighted by atomic mass is 16.3. The van der Waals surface area contributed by atoms with Gasteiger partial charge in [-0.05, 0) is 51.4 Å². The van der Waals surface area contributed by atoms with Crippen molar-refractivity contribution in [1.29, 1.82) is 0 Å². The third-order valence-corrected chi connectivity index (χ3v) is 5.47. The zero-order valence-electron chi connectivity index (χ0n) is 10.7. The second-order valence-electron chi connectivity index (χ2n) is 6.58. The number of hydrogen-bond acceptors (Lipinski definition) is 2. The van der Waals surface area contributed by atoms with Gasteiger partial charge in [0.15, 0.2) is 0 Å². The molecule has 3 rings (SSSR count). The average molecular weight is 237 g/mol. The quantitative estimate of drug-likeness (QED) is 0.797. The first-order valence-electron chi connectivity index (χ1n) is 7.03. The van der Waals surface area contributed by atoms with E-state index < -0.39 is 5.60 Å². The Morgan fingerprint density at radius 3 is 2.29 bits per heavy atom. The van der Waals surface area contributed by atoms with Gasteiger partial charge in [0.1, 0.15) is 0 Å². The summed E-state index contributed by atoms with van der Waals surface area (Å²) < 4.78 is 0. The van der Waals surface area contributed by atoms with Crippen LogP contribution in [0.5, 0.6) is 0 Å². The molecule has 0 aromatic rings. The summed E-state index contributed by atoms with van der Waals surface area (Å²) >= 11 is 0. The third kappa shape index (κ3) is 1.88. The topological polar surface area (TPSA) is 40.5 Å². The molecule has 0 aromatic heterocycles. The van der Waals surface area contributed by atoms with Crippen molar-refractivity contribution in [2.24, 2.45) is 11.3 Å². The van der Waals surface area contributed by atoms with Crippen molar-refractivity contribution in [3.05, 3.63) is 0 Å². The molecule has 96 valence electrons. The Hall–Kier alpha value is -0.570. The van der Waals surface area contributed by atoms with Crippen LogP contribution in [0.3, 0.4) is 0 Å². The number of nitrogens with zero attached hydrogens (tertiary/aromatic N) is 1. The predicted octanol–water partition coefficient (Wildman–Crippen LogP) is 1.94. The summed E-state index contributed by atoms with van der Waals surface area (Å²) in [7, 11) is 0. The van der Waals surface area contributed by atoms with Crippen molar-refractivity contribution >= 4 is 5.91 Å². The maximum Gasteiger partial charge on any atom is 0.222 e. The second-order valence-corrected chi connectivity index (χ2v) is 6.58. The van der Waals surface area contributed by atoms with Crippen molar-refractivity contribution in [2.45, 2.75) is 57.5 Å². The summed E-state index contributed by atoms with van der Waals surface area (Å²) in [6.45, 7) is 3.70. The van der Waals surface area contributed by atoms with E-state index in [1.165, 1.54) is 12.8 Å². The SMILES string of the molecule is CC1(O)CCC12CCN(C(=O)CC1CC1)CC2. The Morgan fingerprint density at radius 2 is 1.88 bits per heavy atom. The maximum atomic E-state index is 12.0. The number of amides is 1. The van der Waals surface area contributed by atoms with E-state index >= 15 is 0 Å². The molecule has 0 bridgehead atoms. The normalized spacial score (nSPS) is 35.8. The van der Waals surface area contributed by atoms with Crippen molar-refractivity contribution in [3.8, 4) is 0 Å². The van der Waals surface area contributed by atoms with Crippen LogP contribution in [-0.4, -0.2) is 34.6 Å². The van der Waals surface area contributed by atoms with Gasteiger partial charge in [0.2, 0.25) is 5.91 Å². The van der Waals surface area contributed by atoms with Crippen LogP contribution in [-0.2, 0) is 4.79 Å². The van der Waals surface area contributed by atoms with Crippen LogP contribution in [0.25, 0.3) is 0 Å². The molecule has 3 nitrogen and oxygen atoms in total. The van der Waals surface area contributed by atoms with Crippen molar-refractivity contribution in [2.75, 3.05) is 13.1 Å². The van der Waals surface area contributed by atoms with E-state index in [9.17, 15) is 9.90 Å². The fourth-order valence-electron chi connectivity index (χ4n) is 3.51. The molecule has 0 radical (unpaired) electrons. The first-order chi connectivity index (χ1) is 8.02. The van der Waals surface area contributed by atoms with E-state index in [-0.39, 0.29) is 5.41 Å². The first-order valence-corrected chi connectivity index (χ1v) is 7.03. The highest BCUT2D eigenvalue weighted by molar-refractivity contribution is 5.76. The van der Waals surface area contributed by atoms with E-state index in [0.717, 1.165) is 45.2 Å². The Kier molecular flexibility index (Phi) is 2.51. The number of hydrogen-bond donors (Lipinski definition) is 1. The molecule has 1 heterocycles. The monoisotopic (exact) mass is 237 g/mol.